The van der Waals surface area contributed by atoms with Crippen LogP contribution in [0, 0.1) is 17.0 Å². The molecule has 7 nitrogen and oxygen atoms in total. The van der Waals surface area contributed by atoms with Crippen LogP contribution in [0.2, 0.25) is 5.02 Å². The van der Waals surface area contributed by atoms with Gasteiger partial charge in [-0.3, -0.25) is 10.1 Å². The van der Waals surface area contributed by atoms with Crippen LogP contribution in [0.15, 0.2) is 77.7 Å². The van der Waals surface area contributed by atoms with E-state index < -0.39 is 14.9 Å². The Morgan fingerprint density at radius 3 is 2.21 bits per heavy atom. The summed E-state index contributed by atoms with van der Waals surface area (Å²) in [5.74, 6) is 0. The molecule has 4 aromatic rings. The molecule has 1 aromatic heterocycles. The van der Waals surface area contributed by atoms with Gasteiger partial charge in [0.1, 0.15) is 0 Å². The van der Waals surface area contributed by atoms with Crippen molar-refractivity contribution >= 4 is 27.3 Å². The number of rotatable bonds is 6. The van der Waals surface area contributed by atoms with Crippen molar-refractivity contribution < 1.29 is 13.3 Å². The van der Waals surface area contributed by atoms with Gasteiger partial charge in [0, 0.05) is 34.1 Å². The van der Waals surface area contributed by atoms with Crippen molar-refractivity contribution in [3.05, 3.63) is 99.2 Å². The third-order valence-corrected chi connectivity index (χ3v) is 6.96. The molecule has 3 aromatic carbocycles. The Balaban J connectivity index is 2.07. The van der Waals surface area contributed by atoms with E-state index in [0.717, 1.165) is 39.3 Å². The Morgan fingerprint density at radius 2 is 1.65 bits per heavy atom. The van der Waals surface area contributed by atoms with Crippen molar-refractivity contribution in [3.63, 3.8) is 0 Å². The Labute approximate surface area is 202 Å². The Kier molecular flexibility index (Phi) is 6.31. The molecule has 174 valence electrons. The van der Waals surface area contributed by atoms with Gasteiger partial charge >= 0.3 is 0 Å². The van der Waals surface area contributed by atoms with Crippen LogP contribution in [-0.2, 0) is 16.4 Å². The molecule has 9 heteroatoms. The molecular formula is C25H22ClN3O4S. The largest absolute Gasteiger partial charge is 0.313 e. The number of non-ortho nitro benzene ring substituents is 1. The molecule has 1 heterocycles. The van der Waals surface area contributed by atoms with Crippen LogP contribution in [0.1, 0.15) is 18.2 Å². The number of nitrogens with two attached hydrogens (primary N) is 1. The number of nitro benzene ring substituents is 1. The number of benzene rings is 3. The van der Waals surface area contributed by atoms with E-state index >= 15 is 0 Å². The second-order valence-corrected chi connectivity index (χ2v) is 9.83. The molecule has 0 radical (unpaired) electrons. The van der Waals surface area contributed by atoms with Crippen LogP contribution in [0.4, 0.5) is 5.69 Å². The van der Waals surface area contributed by atoms with E-state index in [9.17, 15) is 18.5 Å². The first-order chi connectivity index (χ1) is 16.1. The van der Waals surface area contributed by atoms with Crippen LogP contribution in [0.3, 0.4) is 0 Å². The average Bonchev–Trinajstić information content (AvgIpc) is 3.11. The van der Waals surface area contributed by atoms with Gasteiger partial charge in [-0.2, -0.15) is 0 Å². The molecule has 0 aliphatic rings. The minimum Gasteiger partial charge on any atom is -0.313 e. The second kappa shape index (κ2) is 9.06. The summed E-state index contributed by atoms with van der Waals surface area (Å²) in [7, 11) is -3.83. The maximum Gasteiger partial charge on any atom is 0.270 e. The van der Waals surface area contributed by atoms with E-state index in [0.29, 0.717) is 11.4 Å². The van der Waals surface area contributed by atoms with E-state index in [-0.39, 0.29) is 10.6 Å². The molecular weight excluding hydrogens is 474 g/mol. The van der Waals surface area contributed by atoms with Crippen molar-refractivity contribution in [2.24, 2.45) is 5.14 Å². The van der Waals surface area contributed by atoms with Crippen molar-refractivity contribution in [2.45, 2.75) is 25.2 Å². The second-order valence-electron chi connectivity index (χ2n) is 7.83. The summed E-state index contributed by atoms with van der Waals surface area (Å²) in [6.07, 6.45) is 0.687. The van der Waals surface area contributed by atoms with Crippen LogP contribution in [0.5, 0.6) is 0 Å². The zero-order valence-corrected chi connectivity index (χ0v) is 20.1. The van der Waals surface area contributed by atoms with E-state index in [2.05, 4.69) is 0 Å². The van der Waals surface area contributed by atoms with Gasteiger partial charge in [0.05, 0.1) is 15.5 Å². The zero-order valence-electron chi connectivity index (χ0n) is 18.5. The van der Waals surface area contributed by atoms with Gasteiger partial charge < -0.3 is 4.57 Å². The molecule has 0 bridgehead atoms. The average molecular weight is 496 g/mol. The summed E-state index contributed by atoms with van der Waals surface area (Å²) in [5.41, 5.74) is 6.00. The van der Waals surface area contributed by atoms with Gasteiger partial charge in [0.2, 0.25) is 10.0 Å². The van der Waals surface area contributed by atoms with Crippen LogP contribution in [-0.4, -0.2) is 17.9 Å². The van der Waals surface area contributed by atoms with Crippen LogP contribution < -0.4 is 5.14 Å². The number of nitrogens with zero attached hydrogens (tertiary/aromatic N) is 2. The predicted octanol–water partition coefficient (Wildman–Crippen LogP) is 5.89. The number of primary sulfonamides is 1. The monoisotopic (exact) mass is 495 g/mol. The lowest BCUT2D eigenvalue weighted by molar-refractivity contribution is -0.384. The van der Waals surface area contributed by atoms with E-state index in [1.54, 1.807) is 36.4 Å². The van der Waals surface area contributed by atoms with Crippen molar-refractivity contribution in [2.75, 3.05) is 0 Å². The molecule has 0 saturated carbocycles. The first kappa shape index (κ1) is 23.7. The van der Waals surface area contributed by atoms with Crippen molar-refractivity contribution in [3.8, 4) is 28.1 Å². The topological polar surface area (TPSA) is 108 Å². The van der Waals surface area contributed by atoms with Crippen molar-refractivity contribution in [1.29, 1.82) is 0 Å². The molecule has 0 atom stereocenters. The molecule has 2 N–H and O–H groups in total. The first-order valence-corrected chi connectivity index (χ1v) is 12.4. The third-order valence-electron chi connectivity index (χ3n) is 5.77. The molecule has 0 aliphatic carbocycles. The summed E-state index contributed by atoms with van der Waals surface area (Å²) >= 11 is 6.14. The summed E-state index contributed by atoms with van der Waals surface area (Å²) < 4.78 is 25.5. The Morgan fingerprint density at radius 1 is 1.00 bits per heavy atom. The maximum absolute atomic E-state index is 11.7. The Hall–Kier alpha value is -3.46. The molecule has 34 heavy (non-hydrogen) atoms. The summed E-state index contributed by atoms with van der Waals surface area (Å²) in [5, 5.41) is 17.3. The summed E-state index contributed by atoms with van der Waals surface area (Å²) in [6.45, 7) is 4.01. The van der Waals surface area contributed by atoms with E-state index in [4.69, 9.17) is 16.7 Å². The van der Waals surface area contributed by atoms with E-state index in [1.807, 2.05) is 36.6 Å². The number of sulfonamides is 1. The van der Waals surface area contributed by atoms with Gasteiger partial charge in [0.15, 0.2) is 0 Å². The number of nitro groups is 1. The van der Waals surface area contributed by atoms with Gasteiger partial charge in [-0.05, 0) is 66.4 Å². The highest BCUT2D eigenvalue weighted by atomic mass is 35.5. The highest BCUT2D eigenvalue weighted by Gasteiger charge is 2.24. The highest BCUT2D eigenvalue weighted by molar-refractivity contribution is 7.89. The minimum absolute atomic E-state index is 0.00418. The molecule has 0 fully saturated rings. The lowest BCUT2D eigenvalue weighted by Crippen LogP contribution is -2.12. The fourth-order valence-corrected chi connectivity index (χ4v) is 4.89. The van der Waals surface area contributed by atoms with Gasteiger partial charge in [-0.1, -0.05) is 42.8 Å². The standard InChI is InChI=1S/C25H22ClN3O4S/c1-3-23-16(2)28(20-11-13-22(14-12-20)34(27,32)33)25(17-7-9-19(26)10-8-17)24(23)18-5-4-6-21(15-18)29(30)31/h4-15H,3H2,1-2H3,(H2,27,32,33). The maximum atomic E-state index is 11.7. The van der Waals surface area contributed by atoms with Crippen LogP contribution in [0.25, 0.3) is 28.1 Å². The minimum atomic E-state index is -3.83. The number of halogens is 1. The van der Waals surface area contributed by atoms with Gasteiger partial charge in [-0.25, -0.2) is 13.6 Å². The van der Waals surface area contributed by atoms with E-state index in [1.165, 1.54) is 18.2 Å². The zero-order chi connectivity index (χ0) is 24.6. The summed E-state index contributed by atoms with van der Waals surface area (Å²) in [6, 6.07) is 20.3. The number of aromatic nitrogens is 1. The fraction of sp³-hybridized carbons (Fsp3) is 0.120. The molecule has 0 aliphatic heterocycles. The molecule has 0 spiro atoms. The fourth-order valence-electron chi connectivity index (χ4n) is 4.25. The lowest BCUT2D eigenvalue weighted by Gasteiger charge is -2.14. The molecule has 0 unspecified atom stereocenters. The predicted molar refractivity (Wildman–Crippen MR) is 134 cm³/mol. The lowest BCUT2D eigenvalue weighted by atomic mass is 9.95. The normalized spacial score (nSPS) is 11.5. The SMILES string of the molecule is CCc1c(-c2cccc([N+](=O)[O-])c2)c(-c2ccc(Cl)cc2)n(-c2ccc(S(N)(=O)=O)cc2)c1C. The van der Waals surface area contributed by atoms with Gasteiger partial charge in [-0.15, -0.1) is 0 Å². The molecule has 0 saturated heterocycles. The number of hydrogen-bond acceptors (Lipinski definition) is 4. The third kappa shape index (κ3) is 4.35. The quantitative estimate of drug-likeness (QED) is 0.265. The first-order valence-electron chi connectivity index (χ1n) is 10.5. The molecule has 0 amide bonds. The molecule has 4 rings (SSSR count). The van der Waals surface area contributed by atoms with Crippen LogP contribution >= 0.6 is 11.6 Å². The van der Waals surface area contributed by atoms with Gasteiger partial charge in [0.25, 0.3) is 5.69 Å². The summed E-state index contributed by atoms with van der Waals surface area (Å²) in [4.78, 5) is 11.1. The Bertz CT molecular complexity index is 1490. The number of hydrogen-bond donors (Lipinski definition) is 1. The smallest absolute Gasteiger partial charge is 0.270 e. The van der Waals surface area contributed by atoms with Crippen molar-refractivity contribution in [1.82, 2.24) is 4.57 Å². The highest BCUT2D eigenvalue weighted by Crippen LogP contribution is 2.42.